The van der Waals surface area contributed by atoms with E-state index in [1.165, 1.54) is 7.11 Å². The first-order valence-electron chi connectivity index (χ1n) is 4.58. The van der Waals surface area contributed by atoms with Crippen LogP contribution in [0.3, 0.4) is 0 Å². The van der Waals surface area contributed by atoms with Gasteiger partial charge in [0.15, 0.2) is 0 Å². The fourth-order valence-electron chi connectivity index (χ4n) is 1.38. The summed E-state index contributed by atoms with van der Waals surface area (Å²) in [7, 11) is 1.33. The second-order valence-electron chi connectivity index (χ2n) is 3.22. The third-order valence-corrected chi connectivity index (χ3v) is 2.53. The number of hydrogen-bond acceptors (Lipinski definition) is 3. The molecule has 0 saturated heterocycles. The summed E-state index contributed by atoms with van der Waals surface area (Å²) in [5.74, 6) is -0.398. The van der Waals surface area contributed by atoms with Crippen LogP contribution in [0.15, 0.2) is 12.1 Å². The first-order chi connectivity index (χ1) is 7.10. The van der Waals surface area contributed by atoms with Crippen LogP contribution in [0, 0.1) is 6.92 Å². The molecule has 1 rings (SSSR count). The Morgan fingerprint density at radius 2 is 2.20 bits per heavy atom. The summed E-state index contributed by atoms with van der Waals surface area (Å²) in [5, 5.41) is 9.29. The highest BCUT2D eigenvalue weighted by Gasteiger charge is 2.12. The minimum Gasteiger partial charge on any atom is -0.465 e. The molecule has 0 amide bonds. The molecule has 0 radical (unpaired) electrons. The zero-order valence-corrected chi connectivity index (χ0v) is 9.47. The van der Waals surface area contributed by atoms with Gasteiger partial charge in [-0.25, -0.2) is 4.79 Å². The maximum atomic E-state index is 11.3. The number of halogens is 1. The molecular weight excluding hydrogens is 216 g/mol. The van der Waals surface area contributed by atoms with E-state index in [1.807, 2.05) is 6.92 Å². The van der Waals surface area contributed by atoms with E-state index in [4.69, 9.17) is 16.7 Å². The van der Waals surface area contributed by atoms with Crippen LogP contribution in [0.5, 0.6) is 0 Å². The largest absolute Gasteiger partial charge is 0.465 e. The van der Waals surface area contributed by atoms with E-state index in [0.717, 1.165) is 11.1 Å². The van der Waals surface area contributed by atoms with Gasteiger partial charge in [0.25, 0.3) is 0 Å². The third-order valence-electron chi connectivity index (χ3n) is 2.18. The Hall–Kier alpha value is -1.06. The van der Waals surface area contributed by atoms with Crippen molar-refractivity contribution in [2.45, 2.75) is 13.3 Å². The molecule has 0 aliphatic rings. The van der Waals surface area contributed by atoms with Gasteiger partial charge in [0.05, 0.1) is 12.7 Å². The average Bonchev–Trinajstić information content (AvgIpc) is 2.22. The number of ether oxygens (including phenoxy) is 1. The number of aryl methyl sites for hydroxylation is 1. The lowest BCUT2D eigenvalue weighted by Gasteiger charge is -2.08. The summed E-state index contributed by atoms with van der Waals surface area (Å²) in [6, 6.07) is 3.37. The lowest BCUT2D eigenvalue weighted by Crippen LogP contribution is -2.05. The molecule has 1 N–H and O–H groups in total. The molecule has 1 aromatic carbocycles. The molecule has 0 bridgehead atoms. The van der Waals surface area contributed by atoms with Gasteiger partial charge in [0.1, 0.15) is 0 Å². The molecule has 0 heterocycles. The van der Waals surface area contributed by atoms with Crippen LogP contribution >= 0.6 is 11.6 Å². The van der Waals surface area contributed by atoms with Gasteiger partial charge in [0.2, 0.25) is 0 Å². The van der Waals surface area contributed by atoms with E-state index in [9.17, 15) is 4.79 Å². The lowest BCUT2D eigenvalue weighted by molar-refractivity contribution is 0.0600. The summed E-state index contributed by atoms with van der Waals surface area (Å²) in [6.45, 7) is 1.85. The summed E-state index contributed by atoms with van der Waals surface area (Å²) in [6.07, 6.45) is 0.487. The Balaban J connectivity index is 3.13. The van der Waals surface area contributed by atoms with E-state index < -0.39 is 5.97 Å². The summed E-state index contributed by atoms with van der Waals surface area (Å²) < 4.78 is 4.62. The first kappa shape index (κ1) is 12.0. The Morgan fingerprint density at radius 1 is 1.53 bits per heavy atom. The van der Waals surface area contributed by atoms with Crippen molar-refractivity contribution in [1.82, 2.24) is 0 Å². The standard InChI is InChI=1S/C11H13ClO3/c1-7-5-8(3-4-13)10(12)6-9(7)11(14)15-2/h5-6,13H,3-4H2,1-2H3. The fourth-order valence-corrected chi connectivity index (χ4v) is 1.64. The Morgan fingerprint density at radius 3 is 2.73 bits per heavy atom. The number of methoxy groups -OCH3 is 1. The number of carbonyl (C=O) groups excluding carboxylic acids is 1. The van der Waals surface area contributed by atoms with Crippen LogP contribution in [0.2, 0.25) is 5.02 Å². The quantitative estimate of drug-likeness (QED) is 0.805. The second-order valence-corrected chi connectivity index (χ2v) is 3.63. The van der Waals surface area contributed by atoms with E-state index in [-0.39, 0.29) is 6.61 Å². The Kier molecular flexibility index (Phi) is 4.12. The topological polar surface area (TPSA) is 46.5 Å². The predicted molar refractivity (Wildman–Crippen MR) is 58.3 cm³/mol. The number of carbonyl (C=O) groups is 1. The number of aliphatic hydroxyl groups is 1. The molecule has 1 aromatic rings. The molecule has 0 aliphatic heterocycles. The van der Waals surface area contributed by atoms with Crippen LogP contribution in [-0.2, 0) is 11.2 Å². The lowest BCUT2D eigenvalue weighted by atomic mass is 10.0. The van der Waals surface area contributed by atoms with Crippen molar-refractivity contribution >= 4 is 17.6 Å². The SMILES string of the molecule is COC(=O)c1cc(Cl)c(CCO)cc1C. The molecule has 0 aliphatic carbocycles. The maximum absolute atomic E-state index is 11.3. The van der Waals surface area contributed by atoms with Crippen molar-refractivity contribution in [1.29, 1.82) is 0 Å². The summed E-state index contributed by atoms with van der Waals surface area (Å²) in [4.78, 5) is 11.3. The number of hydrogen-bond donors (Lipinski definition) is 1. The summed E-state index contributed by atoms with van der Waals surface area (Å²) >= 11 is 5.96. The van der Waals surface area contributed by atoms with E-state index in [0.29, 0.717) is 17.0 Å². The predicted octanol–water partition coefficient (Wildman–Crippen LogP) is 1.97. The fraction of sp³-hybridized carbons (Fsp3) is 0.364. The Bertz CT molecular complexity index is 374. The maximum Gasteiger partial charge on any atom is 0.338 e. The van der Waals surface area contributed by atoms with Crippen LogP contribution in [0.1, 0.15) is 21.5 Å². The monoisotopic (exact) mass is 228 g/mol. The van der Waals surface area contributed by atoms with Crippen LogP contribution in [-0.4, -0.2) is 24.8 Å². The van der Waals surface area contributed by atoms with Gasteiger partial charge in [-0.1, -0.05) is 17.7 Å². The van der Waals surface area contributed by atoms with E-state index in [2.05, 4.69) is 4.74 Å². The number of aliphatic hydroxyl groups excluding tert-OH is 1. The van der Waals surface area contributed by atoms with Gasteiger partial charge in [0, 0.05) is 11.6 Å². The van der Waals surface area contributed by atoms with Gasteiger partial charge < -0.3 is 9.84 Å². The molecule has 0 spiro atoms. The van der Waals surface area contributed by atoms with Gasteiger partial charge >= 0.3 is 5.97 Å². The van der Waals surface area contributed by atoms with Crippen molar-refractivity contribution in [3.05, 3.63) is 33.8 Å². The molecule has 15 heavy (non-hydrogen) atoms. The van der Waals surface area contributed by atoms with Crippen molar-refractivity contribution in [3.63, 3.8) is 0 Å². The zero-order chi connectivity index (χ0) is 11.4. The highest BCUT2D eigenvalue weighted by Crippen LogP contribution is 2.22. The molecule has 0 saturated carbocycles. The normalized spacial score (nSPS) is 10.1. The van der Waals surface area contributed by atoms with Crippen molar-refractivity contribution in [3.8, 4) is 0 Å². The number of esters is 1. The molecule has 0 aromatic heterocycles. The van der Waals surface area contributed by atoms with Crippen molar-refractivity contribution < 1.29 is 14.6 Å². The Labute approximate surface area is 93.6 Å². The smallest absolute Gasteiger partial charge is 0.338 e. The number of benzene rings is 1. The van der Waals surface area contributed by atoms with Crippen LogP contribution < -0.4 is 0 Å². The van der Waals surface area contributed by atoms with E-state index >= 15 is 0 Å². The summed E-state index contributed by atoms with van der Waals surface area (Å²) in [5.41, 5.74) is 2.10. The van der Waals surface area contributed by atoms with Crippen molar-refractivity contribution in [2.24, 2.45) is 0 Å². The average molecular weight is 229 g/mol. The minimum atomic E-state index is -0.398. The second kappa shape index (κ2) is 5.14. The molecule has 4 heteroatoms. The molecule has 82 valence electrons. The molecule has 0 atom stereocenters. The molecule has 3 nitrogen and oxygen atoms in total. The zero-order valence-electron chi connectivity index (χ0n) is 8.71. The first-order valence-corrected chi connectivity index (χ1v) is 4.96. The highest BCUT2D eigenvalue weighted by atomic mass is 35.5. The van der Waals surface area contributed by atoms with Gasteiger partial charge in [-0.05, 0) is 30.5 Å². The molecule has 0 unspecified atom stereocenters. The molecular formula is C11H13ClO3. The van der Waals surface area contributed by atoms with Gasteiger partial charge in [-0.2, -0.15) is 0 Å². The van der Waals surface area contributed by atoms with Crippen LogP contribution in [0.4, 0.5) is 0 Å². The van der Waals surface area contributed by atoms with Crippen LogP contribution in [0.25, 0.3) is 0 Å². The molecule has 0 fully saturated rings. The van der Waals surface area contributed by atoms with E-state index in [1.54, 1.807) is 12.1 Å². The van der Waals surface area contributed by atoms with Gasteiger partial charge in [-0.15, -0.1) is 0 Å². The third kappa shape index (κ3) is 2.70. The van der Waals surface area contributed by atoms with Gasteiger partial charge in [-0.3, -0.25) is 0 Å². The minimum absolute atomic E-state index is 0.0384. The highest BCUT2D eigenvalue weighted by molar-refractivity contribution is 6.31. The number of rotatable bonds is 3. The van der Waals surface area contributed by atoms with Crippen molar-refractivity contribution in [2.75, 3.05) is 13.7 Å².